The van der Waals surface area contributed by atoms with E-state index in [4.69, 9.17) is 4.74 Å². The molecule has 0 radical (unpaired) electrons. The standard InChI is InChI=1S/C14H22N2O2/c1-4-10-15-14(17)16-13(5-2)11-6-8-12(18-3)9-7-11/h6-9,13H,4-5,10H2,1-3H3,(H2,15,16,17)/t13-/m1/s1. The maximum absolute atomic E-state index is 11.6. The van der Waals surface area contributed by atoms with Crippen molar-refractivity contribution in [1.29, 1.82) is 0 Å². The van der Waals surface area contributed by atoms with E-state index in [-0.39, 0.29) is 12.1 Å². The lowest BCUT2D eigenvalue weighted by Crippen LogP contribution is -2.38. The maximum Gasteiger partial charge on any atom is 0.315 e. The fourth-order valence-corrected chi connectivity index (χ4v) is 1.71. The summed E-state index contributed by atoms with van der Waals surface area (Å²) in [6, 6.07) is 7.69. The molecule has 100 valence electrons. The van der Waals surface area contributed by atoms with Gasteiger partial charge in [0.1, 0.15) is 5.75 Å². The van der Waals surface area contributed by atoms with E-state index in [1.165, 1.54) is 0 Å². The Morgan fingerprint density at radius 2 is 1.94 bits per heavy atom. The van der Waals surface area contributed by atoms with Gasteiger partial charge < -0.3 is 15.4 Å². The van der Waals surface area contributed by atoms with Gasteiger partial charge in [0.15, 0.2) is 0 Å². The summed E-state index contributed by atoms with van der Waals surface area (Å²) in [6.07, 6.45) is 1.79. The van der Waals surface area contributed by atoms with Crippen LogP contribution in [0.2, 0.25) is 0 Å². The molecule has 2 N–H and O–H groups in total. The molecule has 0 saturated carbocycles. The summed E-state index contributed by atoms with van der Waals surface area (Å²) >= 11 is 0. The van der Waals surface area contributed by atoms with Crippen LogP contribution in [0, 0.1) is 0 Å². The number of methoxy groups -OCH3 is 1. The van der Waals surface area contributed by atoms with E-state index in [2.05, 4.69) is 17.6 Å². The fraction of sp³-hybridized carbons (Fsp3) is 0.500. The second kappa shape index (κ2) is 7.58. The predicted octanol–water partition coefficient (Wildman–Crippen LogP) is 2.86. The van der Waals surface area contributed by atoms with E-state index in [0.29, 0.717) is 6.54 Å². The Morgan fingerprint density at radius 1 is 1.28 bits per heavy atom. The van der Waals surface area contributed by atoms with Gasteiger partial charge in [-0.05, 0) is 30.5 Å². The van der Waals surface area contributed by atoms with Gasteiger partial charge >= 0.3 is 6.03 Å². The number of rotatable bonds is 6. The van der Waals surface area contributed by atoms with E-state index in [9.17, 15) is 4.79 Å². The van der Waals surface area contributed by atoms with Crippen molar-refractivity contribution in [1.82, 2.24) is 10.6 Å². The van der Waals surface area contributed by atoms with E-state index >= 15 is 0 Å². The number of benzene rings is 1. The molecule has 0 aliphatic heterocycles. The lowest BCUT2D eigenvalue weighted by Gasteiger charge is -2.18. The third-order valence-corrected chi connectivity index (χ3v) is 2.77. The molecule has 1 aromatic rings. The van der Waals surface area contributed by atoms with Gasteiger partial charge in [-0.15, -0.1) is 0 Å². The monoisotopic (exact) mass is 250 g/mol. The number of carbonyl (C=O) groups is 1. The molecule has 0 heterocycles. The molecule has 0 saturated heterocycles. The van der Waals surface area contributed by atoms with Crippen LogP contribution in [0.1, 0.15) is 38.3 Å². The van der Waals surface area contributed by atoms with Crippen molar-refractivity contribution in [2.75, 3.05) is 13.7 Å². The lowest BCUT2D eigenvalue weighted by atomic mass is 10.0. The predicted molar refractivity (Wildman–Crippen MR) is 72.9 cm³/mol. The second-order valence-corrected chi connectivity index (χ2v) is 4.13. The molecule has 0 aliphatic rings. The van der Waals surface area contributed by atoms with Crippen molar-refractivity contribution >= 4 is 6.03 Å². The minimum atomic E-state index is -0.112. The highest BCUT2D eigenvalue weighted by atomic mass is 16.5. The number of hydrogen-bond donors (Lipinski definition) is 2. The Balaban J connectivity index is 2.61. The summed E-state index contributed by atoms with van der Waals surface area (Å²) in [7, 11) is 1.64. The molecule has 0 fully saturated rings. The SMILES string of the molecule is CCCNC(=O)N[C@H](CC)c1ccc(OC)cc1. The summed E-state index contributed by atoms with van der Waals surface area (Å²) in [5.74, 6) is 0.823. The van der Waals surface area contributed by atoms with Crippen LogP contribution in [-0.2, 0) is 0 Å². The summed E-state index contributed by atoms with van der Waals surface area (Å²) in [4.78, 5) is 11.6. The molecule has 18 heavy (non-hydrogen) atoms. The normalized spacial score (nSPS) is 11.7. The van der Waals surface area contributed by atoms with Crippen LogP contribution < -0.4 is 15.4 Å². The number of nitrogens with one attached hydrogen (secondary N) is 2. The molecule has 4 heteroatoms. The Labute approximate surface area is 109 Å². The molecular weight excluding hydrogens is 228 g/mol. The zero-order valence-corrected chi connectivity index (χ0v) is 11.3. The average molecular weight is 250 g/mol. The van der Waals surface area contributed by atoms with Crippen molar-refractivity contribution in [3.8, 4) is 5.75 Å². The minimum absolute atomic E-state index is 0.0350. The van der Waals surface area contributed by atoms with Gasteiger partial charge in [-0.2, -0.15) is 0 Å². The summed E-state index contributed by atoms with van der Waals surface area (Å²) in [5, 5.41) is 5.78. The highest BCUT2D eigenvalue weighted by Crippen LogP contribution is 2.19. The van der Waals surface area contributed by atoms with E-state index in [1.807, 2.05) is 31.2 Å². The second-order valence-electron chi connectivity index (χ2n) is 4.13. The topological polar surface area (TPSA) is 50.4 Å². The fourth-order valence-electron chi connectivity index (χ4n) is 1.71. The molecule has 2 amide bonds. The summed E-state index contributed by atoms with van der Waals surface area (Å²) in [5.41, 5.74) is 1.09. The first-order valence-corrected chi connectivity index (χ1v) is 6.39. The van der Waals surface area contributed by atoms with Gasteiger partial charge in [0, 0.05) is 6.54 Å². The molecule has 1 atom stereocenters. The Morgan fingerprint density at radius 3 is 2.44 bits per heavy atom. The van der Waals surface area contributed by atoms with Crippen molar-refractivity contribution in [2.24, 2.45) is 0 Å². The van der Waals surface area contributed by atoms with E-state index < -0.39 is 0 Å². The highest BCUT2D eigenvalue weighted by Gasteiger charge is 2.11. The van der Waals surface area contributed by atoms with Crippen LogP contribution in [0.25, 0.3) is 0 Å². The van der Waals surface area contributed by atoms with E-state index in [0.717, 1.165) is 24.2 Å². The van der Waals surface area contributed by atoms with Gasteiger partial charge in [0.2, 0.25) is 0 Å². The van der Waals surface area contributed by atoms with Crippen LogP contribution in [0.3, 0.4) is 0 Å². The van der Waals surface area contributed by atoms with Crippen molar-refractivity contribution < 1.29 is 9.53 Å². The first kappa shape index (κ1) is 14.4. The first-order chi connectivity index (χ1) is 8.71. The molecule has 1 aromatic carbocycles. The summed E-state index contributed by atoms with van der Waals surface area (Å²) < 4.78 is 5.12. The van der Waals surface area contributed by atoms with Gasteiger partial charge in [-0.1, -0.05) is 26.0 Å². The molecule has 0 unspecified atom stereocenters. The number of carbonyl (C=O) groups excluding carboxylic acids is 1. The average Bonchev–Trinajstić information content (AvgIpc) is 2.42. The Kier molecular flexibility index (Phi) is 6.05. The quantitative estimate of drug-likeness (QED) is 0.815. The summed E-state index contributed by atoms with van der Waals surface area (Å²) in [6.45, 7) is 4.78. The van der Waals surface area contributed by atoms with Gasteiger partial charge in [-0.3, -0.25) is 0 Å². The molecule has 0 aromatic heterocycles. The minimum Gasteiger partial charge on any atom is -0.497 e. The van der Waals surface area contributed by atoms with Crippen molar-refractivity contribution in [3.63, 3.8) is 0 Å². The van der Waals surface area contributed by atoms with E-state index in [1.54, 1.807) is 7.11 Å². The smallest absolute Gasteiger partial charge is 0.315 e. The van der Waals surface area contributed by atoms with Crippen LogP contribution in [0.5, 0.6) is 5.75 Å². The van der Waals surface area contributed by atoms with Crippen LogP contribution >= 0.6 is 0 Å². The Bertz CT molecular complexity index is 363. The maximum atomic E-state index is 11.6. The number of ether oxygens (including phenoxy) is 1. The van der Waals surface area contributed by atoms with Gasteiger partial charge in [0.25, 0.3) is 0 Å². The van der Waals surface area contributed by atoms with Crippen LogP contribution in [0.4, 0.5) is 4.79 Å². The van der Waals surface area contributed by atoms with Crippen LogP contribution in [-0.4, -0.2) is 19.7 Å². The van der Waals surface area contributed by atoms with Crippen LogP contribution in [0.15, 0.2) is 24.3 Å². The number of hydrogen-bond acceptors (Lipinski definition) is 2. The third-order valence-electron chi connectivity index (χ3n) is 2.77. The molecule has 0 aliphatic carbocycles. The molecule has 0 spiro atoms. The molecule has 1 rings (SSSR count). The number of amides is 2. The van der Waals surface area contributed by atoms with Crippen molar-refractivity contribution in [3.05, 3.63) is 29.8 Å². The first-order valence-electron chi connectivity index (χ1n) is 6.39. The zero-order valence-electron chi connectivity index (χ0n) is 11.3. The lowest BCUT2D eigenvalue weighted by molar-refractivity contribution is 0.236. The largest absolute Gasteiger partial charge is 0.497 e. The highest BCUT2D eigenvalue weighted by molar-refractivity contribution is 5.74. The third kappa shape index (κ3) is 4.28. The molecular formula is C14H22N2O2. The number of urea groups is 1. The zero-order chi connectivity index (χ0) is 13.4. The molecule has 0 bridgehead atoms. The van der Waals surface area contributed by atoms with Gasteiger partial charge in [0.05, 0.1) is 13.2 Å². The Hall–Kier alpha value is -1.71. The van der Waals surface area contributed by atoms with Crippen molar-refractivity contribution in [2.45, 2.75) is 32.7 Å². The molecule has 4 nitrogen and oxygen atoms in total. The van der Waals surface area contributed by atoms with Gasteiger partial charge in [-0.25, -0.2) is 4.79 Å².